The molecule has 0 aliphatic carbocycles. The fourth-order valence-electron chi connectivity index (χ4n) is 0. The summed E-state index contributed by atoms with van der Waals surface area (Å²) in [5.74, 6) is 0. The lowest BCUT2D eigenvalue weighted by Gasteiger charge is -2.02. The SMILES string of the molecule is [CH2]C([CH2])(Br)[N+](=O)[O-]. The van der Waals surface area contributed by atoms with Crippen molar-refractivity contribution in [3.05, 3.63) is 24.0 Å². The fourth-order valence-corrected chi connectivity index (χ4v) is 0. The van der Waals surface area contributed by atoms with Crippen LogP contribution in [-0.2, 0) is 0 Å². The Hall–Kier alpha value is -0.120. The number of halogens is 1. The van der Waals surface area contributed by atoms with Gasteiger partial charge in [0.05, 0.1) is 0 Å². The Kier molecular flexibility index (Phi) is 1.75. The first-order chi connectivity index (χ1) is 2.94. The summed E-state index contributed by atoms with van der Waals surface area (Å²) in [5.41, 5.74) is 0. The summed E-state index contributed by atoms with van der Waals surface area (Å²) >= 11 is 2.62. The van der Waals surface area contributed by atoms with E-state index in [1.54, 1.807) is 0 Å². The van der Waals surface area contributed by atoms with Gasteiger partial charge in [-0.1, -0.05) is 0 Å². The second-order valence-corrected chi connectivity index (χ2v) is 2.65. The van der Waals surface area contributed by atoms with Crippen LogP contribution in [0, 0.1) is 24.0 Å². The molecule has 0 bridgehead atoms. The molecule has 3 nitrogen and oxygen atoms in total. The lowest BCUT2D eigenvalue weighted by molar-refractivity contribution is -0.510. The summed E-state index contributed by atoms with van der Waals surface area (Å²) in [6.07, 6.45) is 0. The minimum absolute atomic E-state index is 0.618. The molecule has 4 heteroatoms. The van der Waals surface area contributed by atoms with E-state index < -0.39 is 9.37 Å². The molecule has 40 valence electrons. The van der Waals surface area contributed by atoms with Gasteiger partial charge in [-0.3, -0.25) is 10.1 Å². The second kappa shape index (κ2) is 1.78. The molecule has 0 unspecified atom stereocenters. The summed E-state index contributed by atoms with van der Waals surface area (Å²) in [5, 5.41) is 9.65. The van der Waals surface area contributed by atoms with Crippen LogP contribution >= 0.6 is 15.9 Å². The van der Waals surface area contributed by atoms with E-state index in [-0.39, 0.29) is 0 Å². The van der Waals surface area contributed by atoms with Crippen LogP contribution in [0.5, 0.6) is 0 Å². The monoisotopic (exact) mass is 165 g/mol. The highest BCUT2D eigenvalue weighted by Crippen LogP contribution is 2.13. The first-order valence-corrected chi connectivity index (χ1v) is 2.28. The van der Waals surface area contributed by atoms with E-state index in [0.29, 0.717) is 0 Å². The van der Waals surface area contributed by atoms with Crippen LogP contribution in [-0.4, -0.2) is 9.37 Å². The third-order valence-electron chi connectivity index (χ3n) is 0.327. The number of nitro groups is 1. The number of hydrogen-bond acceptors (Lipinski definition) is 2. The third kappa shape index (κ3) is 2.56. The van der Waals surface area contributed by atoms with Crippen molar-refractivity contribution in [2.75, 3.05) is 0 Å². The Morgan fingerprint density at radius 1 is 1.71 bits per heavy atom. The van der Waals surface area contributed by atoms with E-state index in [9.17, 15) is 10.1 Å². The van der Waals surface area contributed by atoms with Crippen molar-refractivity contribution < 1.29 is 4.92 Å². The molecule has 0 aromatic carbocycles. The minimum Gasteiger partial charge on any atom is -0.263 e. The fraction of sp³-hybridized carbons (Fsp3) is 0.333. The van der Waals surface area contributed by atoms with Crippen LogP contribution in [0.2, 0.25) is 0 Å². The van der Waals surface area contributed by atoms with Crippen LogP contribution in [0.15, 0.2) is 0 Å². The van der Waals surface area contributed by atoms with E-state index in [2.05, 4.69) is 29.8 Å². The van der Waals surface area contributed by atoms with Crippen LogP contribution in [0.3, 0.4) is 0 Å². The van der Waals surface area contributed by atoms with Crippen molar-refractivity contribution in [3.8, 4) is 0 Å². The number of alkyl halides is 1. The molecule has 0 N–H and O–H groups in total. The molecule has 0 fully saturated rings. The van der Waals surface area contributed by atoms with Crippen LogP contribution in [0.25, 0.3) is 0 Å². The van der Waals surface area contributed by atoms with Gasteiger partial charge in [0.1, 0.15) is 0 Å². The Morgan fingerprint density at radius 3 is 1.86 bits per heavy atom. The van der Waals surface area contributed by atoms with Crippen molar-refractivity contribution in [2.45, 2.75) is 4.45 Å². The quantitative estimate of drug-likeness (QED) is 0.252. The first kappa shape index (κ1) is 6.88. The predicted molar refractivity (Wildman–Crippen MR) is 29.4 cm³/mol. The van der Waals surface area contributed by atoms with Crippen molar-refractivity contribution in [2.24, 2.45) is 0 Å². The lowest BCUT2D eigenvalue weighted by Crippen LogP contribution is -2.22. The zero-order valence-electron chi connectivity index (χ0n) is 3.56. The summed E-state index contributed by atoms with van der Waals surface area (Å²) in [4.78, 5) is 9.04. The van der Waals surface area contributed by atoms with Crippen LogP contribution < -0.4 is 0 Å². The van der Waals surface area contributed by atoms with Gasteiger partial charge in [-0.15, -0.1) is 0 Å². The average molecular weight is 166 g/mol. The highest BCUT2D eigenvalue weighted by molar-refractivity contribution is 9.10. The van der Waals surface area contributed by atoms with Gasteiger partial charge < -0.3 is 0 Å². The zero-order valence-corrected chi connectivity index (χ0v) is 5.14. The molecule has 0 rings (SSSR count). The molecular formula is C3H4BrNO2. The maximum absolute atomic E-state index is 9.65. The molecule has 0 amide bonds. The normalized spacial score (nSPS) is 11.3. The topological polar surface area (TPSA) is 43.1 Å². The minimum atomic E-state index is -1.47. The maximum Gasteiger partial charge on any atom is 0.275 e. The van der Waals surface area contributed by atoms with Crippen molar-refractivity contribution >= 4 is 15.9 Å². The molecule has 0 atom stereocenters. The smallest absolute Gasteiger partial charge is 0.263 e. The largest absolute Gasteiger partial charge is 0.275 e. The molecular weight excluding hydrogens is 162 g/mol. The van der Waals surface area contributed by atoms with Crippen molar-refractivity contribution in [1.82, 2.24) is 0 Å². The van der Waals surface area contributed by atoms with Gasteiger partial charge in [0.25, 0.3) is 4.45 Å². The highest BCUT2D eigenvalue weighted by atomic mass is 79.9. The summed E-state index contributed by atoms with van der Waals surface area (Å²) in [7, 11) is 0. The number of rotatable bonds is 1. The van der Waals surface area contributed by atoms with E-state index in [1.165, 1.54) is 0 Å². The van der Waals surface area contributed by atoms with Gasteiger partial charge >= 0.3 is 0 Å². The van der Waals surface area contributed by atoms with Gasteiger partial charge in [-0.25, -0.2) is 0 Å². The zero-order chi connectivity index (χ0) is 6.08. The Morgan fingerprint density at radius 2 is 1.86 bits per heavy atom. The van der Waals surface area contributed by atoms with Gasteiger partial charge in [0, 0.05) is 34.7 Å². The molecule has 0 aromatic rings. The van der Waals surface area contributed by atoms with Gasteiger partial charge in [0.2, 0.25) is 0 Å². The molecule has 0 heterocycles. The van der Waals surface area contributed by atoms with E-state index in [4.69, 9.17) is 0 Å². The van der Waals surface area contributed by atoms with Gasteiger partial charge in [-0.05, 0) is 0 Å². The first-order valence-electron chi connectivity index (χ1n) is 1.48. The predicted octanol–water partition coefficient (Wildman–Crippen LogP) is 1.02. The Balaban J connectivity index is 3.79. The summed E-state index contributed by atoms with van der Waals surface area (Å²) in [6.45, 7) is 6.15. The van der Waals surface area contributed by atoms with E-state index >= 15 is 0 Å². The molecule has 7 heavy (non-hydrogen) atoms. The maximum atomic E-state index is 9.65. The second-order valence-electron chi connectivity index (χ2n) is 1.18. The van der Waals surface area contributed by atoms with Crippen LogP contribution in [0.4, 0.5) is 0 Å². The highest BCUT2D eigenvalue weighted by Gasteiger charge is 2.25. The molecule has 2 radical (unpaired) electrons. The summed E-state index contributed by atoms with van der Waals surface area (Å²) < 4.78 is -1.47. The average Bonchev–Trinajstić information content (AvgIpc) is 1.31. The summed E-state index contributed by atoms with van der Waals surface area (Å²) in [6, 6.07) is 0. The lowest BCUT2D eigenvalue weighted by atomic mass is 10.4. The molecule has 0 aromatic heterocycles. The van der Waals surface area contributed by atoms with Gasteiger partial charge in [-0.2, -0.15) is 0 Å². The van der Waals surface area contributed by atoms with Crippen molar-refractivity contribution in [3.63, 3.8) is 0 Å². The molecule has 0 saturated heterocycles. The Labute approximate surface area is 50.0 Å². The number of hydrogen-bond donors (Lipinski definition) is 0. The molecule has 0 aliphatic rings. The number of nitrogens with zero attached hydrogens (tertiary/aromatic N) is 1. The molecule has 0 spiro atoms. The molecule has 0 aliphatic heterocycles. The van der Waals surface area contributed by atoms with Crippen LogP contribution in [0.1, 0.15) is 0 Å². The van der Waals surface area contributed by atoms with Crippen molar-refractivity contribution in [1.29, 1.82) is 0 Å². The van der Waals surface area contributed by atoms with Gasteiger partial charge in [0.15, 0.2) is 0 Å². The third-order valence-corrected chi connectivity index (χ3v) is 0.617. The van der Waals surface area contributed by atoms with E-state index in [0.717, 1.165) is 0 Å². The van der Waals surface area contributed by atoms with E-state index in [1.807, 2.05) is 0 Å². The molecule has 0 saturated carbocycles. The Bertz CT molecular complexity index is 85.4. The standard InChI is InChI=1S/C3H4BrNO2/c1-3(2,4)5(6)7/h1-2H2.